The van der Waals surface area contributed by atoms with Crippen LogP contribution in [0.1, 0.15) is 23.8 Å². The lowest BCUT2D eigenvalue weighted by Gasteiger charge is -2.10. The average Bonchev–Trinajstić information content (AvgIpc) is 2.46. The van der Waals surface area contributed by atoms with Crippen molar-refractivity contribution in [2.24, 2.45) is 10.7 Å². The number of Topliss-reactive ketones (excluding diaryl/α,β-unsaturated/α-hetero) is 1. The van der Waals surface area contributed by atoms with E-state index in [1.54, 1.807) is 6.92 Å². The zero-order valence-electron chi connectivity index (χ0n) is 11.6. The molecule has 1 heterocycles. The lowest BCUT2D eigenvalue weighted by Crippen LogP contribution is -2.37. The summed E-state index contributed by atoms with van der Waals surface area (Å²) in [5, 5.41) is 4.89. The first-order valence-electron chi connectivity index (χ1n) is 6.01. The maximum Gasteiger partial charge on any atom is 0.280 e. The smallest absolute Gasteiger partial charge is 0.280 e. The van der Waals surface area contributed by atoms with Gasteiger partial charge in [0, 0.05) is 13.5 Å². The minimum Gasteiger partial charge on any atom is -0.382 e. The van der Waals surface area contributed by atoms with Crippen molar-refractivity contribution < 1.29 is 9.59 Å². The number of aliphatic imine (C=N–C) groups is 1. The molecule has 6 N–H and O–H groups in total. The Hall–Kier alpha value is -2.42. The summed E-state index contributed by atoms with van der Waals surface area (Å²) in [6, 6.07) is 0. The van der Waals surface area contributed by atoms with E-state index < -0.39 is 5.91 Å². The van der Waals surface area contributed by atoms with Crippen molar-refractivity contribution in [2.75, 3.05) is 24.6 Å². The van der Waals surface area contributed by atoms with Gasteiger partial charge < -0.3 is 16.8 Å². The molecule has 1 aromatic rings. The molecule has 114 valence electrons. The van der Waals surface area contributed by atoms with Crippen molar-refractivity contribution in [3.63, 3.8) is 0 Å². The Morgan fingerprint density at radius 2 is 2.05 bits per heavy atom. The highest BCUT2D eigenvalue weighted by molar-refractivity contribution is 6.32. The minimum atomic E-state index is -0.679. The zero-order valence-corrected chi connectivity index (χ0v) is 12.4. The largest absolute Gasteiger partial charge is 0.382 e. The third-order valence-corrected chi connectivity index (χ3v) is 2.69. The summed E-state index contributed by atoms with van der Waals surface area (Å²) in [5.74, 6) is -0.814. The normalized spacial score (nSPS) is 11.1. The van der Waals surface area contributed by atoms with Gasteiger partial charge in [-0.25, -0.2) is 9.97 Å². The van der Waals surface area contributed by atoms with Crippen LogP contribution >= 0.6 is 11.6 Å². The predicted molar refractivity (Wildman–Crippen MR) is 80.3 cm³/mol. The molecule has 21 heavy (non-hydrogen) atoms. The molecule has 0 spiro atoms. The van der Waals surface area contributed by atoms with Gasteiger partial charge in [0.25, 0.3) is 5.91 Å². The fraction of sp³-hybridized carbons (Fsp3) is 0.364. The number of aromatic nitrogens is 2. The number of nitrogens with zero attached hydrogens (tertiary/aromatic N) is 3. The Kier molecular flexibility index (Phi) is 5.85. The number of nitrogens with one attached hydrogen (secondary N) is 2. The number of amides is 1. The lowest BCUT2D eigenvalue weighted by atomic mass is 10.3. The molecule has 0 aliphatic carbocycles. The summed E-state index contributed by atoms with van der Waals surface area (Å²) in [6.07, 6.45) is 0.379. The van der Waals surface area contributed by atoms with Gasteiger partial charge in [-0.1, -0.05) is 18.5 Å². The molecule has 0 aliphatic heterocycles. The van der Waals surface area contributed by atoms with E-state index in [9.17, 15) is 9.59 Å². The summed E-state index contributed by atoms with van der Waals surface area (Å²) in [7, 11) is 1.41. The molecule has 0 fully saturated rings. The molecule has 1 rings (SSSR count). The third kappa shape index (κ3) is 4.56. The van der Waals surface area contributed by atoms with Gasteiger partial charge >= 0.3 is 0 Å². The number of nitrogens with two attached hydrogens (primary N) is 2. The summed E-state index contributed by atoms with van der Waals surface area (Å²) >= 11 is 5.90. The molecule has 9 nitrogen and oxygen atoms in total. The van der Waals surface area contributed by atoms with Crippen LogP contribution in [0.3, 0.4) is 0 Å². The van der Waals surface area contributed by atoms with Crippen molar-refractivity contribution >= 4 is 40.9 Å². The van der Waals surface area contributed by atoms with Crippen LogP contribution in [0, 0.1) is 0 Å². The van der Waals surface area contributed by atoms with Crippen LogP contribution in [-0.4, -0.2) is 41.2 Å². The van der Waals surface area contributed by atoms with Crippen LogP contribution in [0.2, 0.25) is 5.15 Å². The Labute approximate surface area is 126 Å². The Balaban J connectivity index is 2.94. The number of halogens is 1. The third-order valence-electron chi connectivity index (χ3n) is 2.43. The first-order chi connectivity index (χ1) is 9.88. The molecular formula is C11H16ClN7O2. The molecule has 0 aromatic carbocycles. The number of anilines is 2. The van der Waals surface area contributed by atoms with Crippen molar-refractivity contribution in [1.82, 2.24) is 15.3 Å². The first-order valence-corrected chi connectivity index (χ1v) is 6.39. The zero-order chi connectivity index (χ0) is 16.0. The van der Waals surface area contributed by atoms with E-state index in [1.165, 1.54) is 7.05 Å². The lowest BCUT2D eigenvalue weighted by molar-refractivity contribution is -0.117. The Morgan fingerprint density at radius 3 is 2.62 bits per heavy atom. The monoisotopic (exact) mass is 313 g/mol. The quantitative estimate of drug-likeness (QED) is 0.433. The predicted octanol–water partition coefficient (Wildman–Crippen LogP) is -0.222. The summed E-state index contributed by atoms with van der Waals surface area (Å²) in [4.78, 5) is 34.4. The van der Waals surface area contributed by atoms with E-state index >= 15 is 0 Å². The fourth-order valence-corrected chi connectivity index (χ4v) is 1.44. The number of carbonyl (C=O) groups is 2. The number of hydrogen-bond donors (Lipinski definition) is 4. The van der Waals surface area contributed by atoms with E-state index in [0.717, 1.165) is 0 Å². The van der Waals surface area contributed by atoms with Gasteiger partial charge in [-0.15, -0.1) is 0 Å². The molecule has 0 saturated carbocycles. The van der Waals surface area contributed by atoms with E-state index in [4.69, 9.17) is 23.1 Å². The minimum absolute atomic E-state index is 0.0276. The average molecular weight is 314 g/mol. The van der Waals surface area contributed by atoms with E-state index in [2.05, 4.69) is 25.6 Å². The molecule has 0 bridgehead atoms. The van der Waals surface area contributed by atoms with Gasteiger partial charge in [-0.2, -0.15) is 0 Å². The van der Waals surface area contributed by atoms with Gasteiger partial charge in [0.2, 0.25) is 0 Å². The van der Waals surface area contributed by atoms with Gasteiger partial charge in [-0.05, 0) is 0 Å². The van der Waals surface area contributed by atoms with Crippen molar-refractivity contribution in [3.05, 3.63) is 10.8 Å². The van der Waals surface area contributed by atoms with Crippen LogP contribution in [0.5, 0.6) is 0 Å². The van der Waals surface area contributed by atoms with Crippen LogP contribution in [-0.2, 0) is 4.79 Å². The first kappa shape index (κ1) is 16.6. The topological polar surface area (TPSA) is 148 Å². The number of carbonyl (C=O) groups excluding carboxylic acids is 2. The van der Waals surface area contributed by atoms with Gasteiger partial charge in [0.05, 0.1) is 6.54 Å². The summed E-state index contributed by atoms with van der Waals surface area (Å²) in [6.45, 7) is 1.78. The van der Waals surface area contributed by atoms with Crippen LogP contribution in [0.15, 0.2) is 4.99 Å². The standard InChI is InChI=1S/C11H16ClN7O2/c1-3-5(20)4-16-9-7(12)17-6(8(13)18-9)10(21)19-11(14)15-2/h3-4H2,1-2H3,(H3,13,16,18)(H3,14,15,19,21). The molecule has 0 unspecified atom stereocenters. The van der Waals surface area contributed by atoms with Gasteiger partial charge in [0.1, 0.15) is 0 Å². The Bertz CT molecular complexity index is 588. The number of rotatable bonds is 5. The number of guanidine groups is 1. The molecule has 1 aromatic heterocycles. The fourth-order valence-electron chi connectivity index (χ4n) is 1.25. The highest BCUT2D eigenvalue weighted by Crippen LogP contribution is 2.20. The number of ketones is 1. The Morgan fingerprint density at radius 1 is 1.38 bits per heavy atom. The maximum atomic E-state index is 11.8. The second-order valence-electron chi connectivity index (χ2n) is 3.91. The second kappa shape index (κ2) is 7.39. The number of nitrogen functional groups attached to an aromatic ring is 1. The molecule has 10 heteroatoms. The van der Waals surface area contributed by atoms with Crippen LogP contribution in [0.4, 0.5) is 11.6 Å². The summed E-state index contributed by atoms with van der Waals surface area (Å²) in [5.41, 5.74) is 10.8. The molecule has 0 atom stereocenters. The molecular weight excluding hydrogens is 298 g/mol. The van der Waals surface area contributed by atoms with E-state index in [1.807, 2.05) is 0 Å². The SMILES string of the molecule is CCC(=O)CNc1nc(N)c(C(=O)NC(N)=NC)nc1Cl. The molecule has 0 radical (unpaired) electrons. The molecule has 1 amide bonds. The van der Waals surface area contributed by atoms with Gasteiger partial charge in [0.15, 0.2) is 34.2 Å². The molecule has 0 aliphatic rings. The van der Waals surface area contributed by atoms with Gasteiger partial charge in [-0.3, -0.25) is 19.9 Å². The highest BCUT2D eigenvalue weighted by Gasteiger charge is 2.17. The summed E-state index contributed by atoms with van der Waals surface area (Å²) < 4.78 is 0. The van der Waals surface area contributed by atoms with Crippen LogP contribution < -0.4 is 22.1 Å². The van der Waals surface area contributed by atoms with Crippen molar-refractivity contribution in [3.8, 4) is 0 Å². The molecule has 0 saturated heterocycles. The van der Waals surface area contributed by atoms with E-state index in [-0.39, 0.29) is 40.8 Å². The van der Waals surface area contributed by atoms with Crippen molar-refractivity contribution in [2.45, 2.75) is 13.3 Å². The van der Waals surface area contributed by atoms with Crippen molar-refractivity contribution in [1.29, 1.82) is 0 Å². The second-order valence-corrected chi connectivity index (χ2v) is 4.26. The maximum absolute atomic E-state index is 11.8. The highest BCUT2D eigenvalue weighted by atomic mass is 35.5. The van der Waals surface area contributed by atoms with E-state index in [0.29, 0.717) is 6.42 Å². The number of hydrogen-bond acceptors (Lipinski definition) is 7. The van der Waals surface area contributed by atoms with Crippen LogP contribution in [0.25, 0.3) is 0 Å².